The summed E-state index contributed by atoms with van der Waals surface area (Å²) in [6.07, 6.45) is 0. The highest BCUT2D eigenvalue weighted by molar-refractivity contribution is 7.92. The van der Waals surface area contributed by atoms with Crippen molar-refractivity contribution in [3.05, 3.63) is 89.5 Å². The smallest absolute Gasteiger partial charge is 0.264 e. The Bertz CT molecular complexity index is 1370. The molecule has 0 aliphatic carbocycles. The summed E-state index contributed by atoms with van der Waals surface area (Å²) in [5, 5.41) is 6.83. The van der Waals surface area contributed by atoms with Crippen LogP contribution in [0.5, 0.6) is 0 Å². The number of carbonyl (C=O) groups excluding carboxylic acids is 2. The van der Waals surface area contributed by atoms with E-state index in [1.165, 1.54) is 19.1 Å². The van der Waals surface area contributed by atoms with Crippen molar-refractivity contribution in [1.29, 1.82) is 0 Å². The molecule has 2 N–H and O–H groups in total. The number of nitrogens with zero attached hydrogens (tertiary/aromatic N) is 2. The SMILES string of the molecule is CC(=O)Nc1cccc(C(C)=NNC(=O)CN(c2ccc(C)cc2C)S(=O)(=O)c2ccccc2)c1. The molecule has 0 unspecified atom stereocenters. The molecule has 0 fully saturated rings. The fraction of sp³-hybridized carbons (Fsp3) is 0.192. The molecule has 182 valence electrons. The molecule has 0 bridgehead atoms. The zero-order chi connectivity index (χ0) is 25.6. The minimum Gasteiger partial charge on any atom is -0.326 e. The number of hydrazone groups is 1. The van der Waals surface area contributed by atoms with Crippen molar-refractivity contribution in [2.75, 3.05) is 16.2 Å². The van der Waals surface area contributed by atoms with E-state index in [9.17, 15) is 18.0 Å². The number of hydrogen-bond acceptors (Lipinski definition) is 5. The first-order chi connectivity index (χ1) is 16.6. The second kappa shape index (κ2) is 11.0. The molecule has 0 saturated heterocycles. The van der Waals surface area contributed by atoms with E-state index in [1.807, 2.05) is 13.0 Å². The van der Waals surface area contributed by atoms with Crippen LogP contribution in [0.25, 0.3) is 0 Å². The van der Waals surface area contributed by atoms with E-state index in [4.69, 9.17) is 0 Å². The van der Waals surface area contributed by atoms with E-state index in [-0.39, 0.29) is 10.8 Å². The van der Waals surface area contributed by atoms with Crippen molar-refractivity contribution in [3.8, 4) is 0 Å². The van der Waals surface area contributed by atoms with Crippen LogP contribution < -0.4 is 15.0 Å². The minimum atomic E-state index is -4.01. The van der Waals surface area contributed by atoms with E-state index in [1.54, 1.807) is 68.4 Å². The highest BCUT2D eigenvalue weighted by atomic mass is 32.2. The third kappa shape index (κ3) is 6.54. The third-order valence-corrected chi connectivity index (χ3v) is 6.96. The van der Waals surface area contributed by atoms with E-state index in [0.717, 1.165) is 15.4 Å². The number of nitrogens with one attached hydrogen (secondary N) is 2. The van der Waals surface area contributed by atoms with Crippen LogP contribution in [0.2, 0.25) is 0 Å². The van der Waals surface area contributed by atoms with Gasteiger partial charge in [0.1, 0.15) is 6.54 Å². The van der Waals surface area contributed by atoms with Gasteiger partial charge < -0.3 is 5.32 Å². The molecular weight excluding hydrogens is 464 g/mol. The Labute approximate surface area is 205 Å². The van der Waals surface area contributed by atoms with Crippen LogP contribution in [-0.2, 0) is 19.6 Å². The maximum Gasteiger partial charge on any atom is 0.264 e. The van der Waals surface area contributed by atoms with Crippen LogP contribution in [0.15, 0.2) is 82.8 Å². The molecule has 9 heteroatoms. The lowest BCUT2D eigenvalue weighted by molar-refractivity contribution is -0.119. The lowest BCUT2D eigenvalue weighted by Crippen LogP contribution is -2.40. The predicted molar refractivity (Wildman–Crippen MR) is 138 cm³/mol. The second-order valence-electron chi connectivity index (χ2n) is 8.11. The van der Waals surface area contributed by atoms with Crippen LogP contribution in [0.4, 0.5) is 11.4 Å². The molecule has 0 atom stereocenters. The summed E-state index contributed by atoms with van der Waals surface area (Å²) in [6.45, 7) is 6.38. The van der Waals surface area contributed by atoms with Crippen molar-refractivity contribution >= 4 is 38.9 Å². The minimum absolute atomic E-state index is 0.0854. The predicted octanol–water partition coefficient (Wildman–Crippen LogP) is 4.00. The Kier molecular flexibility index (Phi) is 8.03. The maximum absolute atomic E-state index is 13.5. The fourth-order valence-electron chi connectivity index (χ4n) is 3.51. The highest BCUT2D eigenvalue weighted by Gasteiger charge is 2.28. The number of aryl methyl sites for hydroxylation is 2. The summed E-state index contributed by atoms with van der Waals surface area (Å²) in [7, 11) is -4.01. The van der Waals surface area contributed by atoms with Gasteiger partial charge in [-0.05, 0) is 62.2 Å². The third-order valence-electron chi connectivity index (χ3n) is 5.19. The van der Waals surface area contributed by atoms with Crippen molar-refractivity contribution in [3.63, 3.8) is 0 Å². The first kappa shape index (κ1) is 25.6. The van der Waals surface area contributed by atoms with E-state index in [2.05, 4.69) is 15.8 Å². The number of sulfonamides is 1. The quantitative estimate of drug-likeness (QED) is 0.366. The van der Waals surface area contributed by atoms with Gasteiger partial charge in [-0.1, -0.05) is 48.0 Å². The number of anilines is 2. The average Bonchev–Trinajstić information content (AvgIpc) is 2.81. The van der Waals surface area contributed by atoms with Crippen molar-refractivity contribution < 1.29 is 18.0 Å². The number of hydrogen-bond donors (Lipinski definition) is 2. The summed E-state index contributed by atoms with van der Waals surface area (Å²) in [6, 6.07) is 20.4. The molecule has 0 heterocycles. The molecule has 8 nitrogen and oxygen atoms in total. The molecule has 3 aromatic rings. The largest absolute Gasteiger partial charge is 0.326 e. The Balaban J connectivity index is 1.86. The Morgan fingerprint density at radius 1 is 0.914 bits per heavy atom. The summed E-state index contributed by atoms with van der Waals surface area (Å²) in [4.78, 5) is 24.2. The first-order valence-corrected chi connectivity index (χ1v) is 12.4. The molecule has 0 saturated carbocycles. The molecule has 3 aromatic carbocycles. The van der Waals surface area contributed by atoms with Crippen molar-refractivity contribution in [2.24, 2.45) is 5.10 Å². The Morgan fingerprint density at radius 2 is 1.63 bits per heavy atom. The molecule has 0 aliphatic rings. The van der Waals surface area contributed by atoms with Gasteiger partial charge in [0, 0.05) is 12.6 Å². The van der Waals surface area contributed by atoms with Crippen LogP contribution in [0, 0.1) is 13.8 Å². The lowest BCUT2D eigenvalue weighted by Gasteiger charge is -2.25. The molecular formula is C26H28N4O4S. The summed E-state index contributed by atoms with van der Waals surface area (Å²) in [5.74, 6) is -0.794. The fourth-order valence-corrected chi connectivity index (χ4v) is 5.01. The molecule has 35 heavy (non-hydrogen) atoms. The molecule has 3 rings (SSSR count). The summed E-state index contributed by atoms with van der Waals surface area (Å²) < 4.78 is 28.0. The standard InChI is InChI=1S/C26H28N4O4S/c1-18-13-14-25(19(2)15-18)30(35(33,34)24-11-6-5-7-12-24)17-26(32)29-28-20(3)22-9-8-10-23(16-22)27-21(4)31/h5-16H,17H2,1-4H3,(H,27,31)(H,29,32). The van der Waals surface area contributed by atoms with Crippen LogP contribution in [0.1, 0.15) is 30.5 Å². The van der Waals surface area contributed by atoms with Crippen LogP contribution in [-0.4, -0.2) is 32.5 Å². The Hall–Kier alpha value is -3.98. The van der Waals surface area contributed by atoms with Gasteiger partial charge in [-0.25, -0.2) is 13.8 Å². The topological polar surface area (TPSA) is 108 Å². The summed E-state index contributed by atoms with van der Waals surface area (Å²) in [5.41, 5.74) is 6.37. The number of amides is 2. The maximum atomic E-state index is 13.5. The van der Waals surface area contributed by atoms with E-state index >= 15 is 0 Å². The second-order valence-corrected chi connectivity index (χ2v) is 9.97. The molecule has 2 amide bonds. The molecule has 0 spiro atoms. The molecule has 0 aromatic heterocycles. The number of rotatable bonds is 8. The molecule has 0 radical (unpaired) electrons. The summed E-state index contributed by atoms with van der Waals surface area (Å²) >= 11 is 0. The highest BCUT2D eigenvalue weighted by Crippen LogP contribution is 2.27. The van der Waals surface area contributed by atoms with E-state index < -0.39 is 22.5 Å². The van der Waals surface area contributed by atoms with Crippen LogP contribution >= 0.6 is 0 Å². The zero-order valence-electron chi connectivity index (χ0n) is 20.1. The lowest BCUT2D eigenvalue weighted by atomic mass is 10.1. The van der Waals surface area contributed by atoms with Crippen LogP contribution in [0.3, 0.4) is 0 Å². The van der Waals surface area contributed by atoms with Gasteiger partial charge in [-0.3, -0.25) is 13.9 Å². The van der Waals surface area contributed by atoms with Crippen molar-refractivity contribution in [1.82, 2.24) is 5.43 Å². The van der Waals surface area contributed by atoms with E-state index in [0.29, 0.717) is 22.6 Å². The normalized spacial score (nSPS) is 11.6. The monoisotopic (exact) mass is 492 g/mol. The number of benzene rings is 3. The van der Waals surface area contributed by atoms with Gasteiger partial charge in [-0.2, -0.15) is 5.10 Å². The van der Waals surface area contributed by atoms with Gasteiger partial charge in [0.05, 0.1) is 16.3 Å². The average molecular weight is 493 g/mol. The van der Waals surface area contributed by atoms with Gasteiger partial charge in [0.25, 0.3) is 15.9 Å². The Morgan fingerprint density at radius 3 is 2.29 bits per heavy atom. The van der Waals surface area contributed by atoms with Gasteiger partial charge in [0.15, 0.2) is 0 Å². The van der Waals surface area contributed by atoms with Gasteiger partial charge in [-0.15, -0.1) is 0 Å². The zero-order valence-corrected chi connectivity index (χ0v) is 20.9. The first-order valence-electron chi connectivity index (χ1n) is 10.9. The number of carbonyl (C=O) groups is 2. The van der Waals surface area contributed by atoms with Crippen molar-refractivity contribution in [2.45, 2.75) is 32.6 Å². The van der Waals surface area contributed by atoms with Gasteiger partial charge in [0.2, 0.25) is 5.91 Å². The molecule has 0 aliphatic heterocycles. The van der Waals surface area contributed by atoms with Gasteiger partial charge >= 0.3 is 0 Å².